The molecule has 1 nitrogen and oxygen atoms in total. The van der Waals surface area contributed by atoms with Crippen LogP contribution in [0.2, 0.25) is 0 Å². The molecule has 0 heterocycles. The second-order valence-corrected chi connectivity index (χ2v) is 4.03. The fourth-order valence-electron chi connectivity index (χ4n) is 0.862. The van der Waals surface area contributed by atoms with Crippen molar-refractivity contribution >= 4 is 31.9 Å². The highest BCUT2D eigenvalue weighted by molar-refractivity contribution is 9.13. The molecule has 0 N–H and O–H groups in total. The largest absolute Gasteiger partial charge is 0.433 e. The lowest BCUT2D eigenvalue weighted by Crippen LogP contribution is -2.04. The van der Waals surface area contributed by atoms with Crippen molar-refractivity contribution in [3.05, 3.63) is 26.6 Å². The highest BCUT2D eigenvalue weighted by Crippen LogP contribution is 2.36. The van der Waals surface area contributed by atoms with Gasteiger partial charge in [-0.2, -0.15) is 8.78 Å². The Bertz CT molecular complexity index is 315. The van der Waals surface area contributed by atoms with Gasteiger partial charge in [0, 0.05) is 4.47 Å². The van der Waals surface area contributed by atoms with Crippen LogP contribution < -0.4 is 4.74 Å². The number of hydrogen-bond acceptors (Lipinski definition) is 1. The van der Waals surface area contributed by atoms with Gasteiger partial charge in [0.1, 0.15) is 5.75 Å². The lowest BCUT2D eigenvalue weighted by Gasteiger charge is -2.10. The topological polar surface area (TPSA) is 9.23 Å². The molecule has 0 saturated carbocycles. The van der Waals surface area contributed by atoms with Crippen molar-refractivity contribution in [1.29, 1.82) is 0 Å². The van der Waals surface area contributed by atoms with Crippen LogP contribution in [0.5, 0.6) is 5.75 Å². The molecule has 0 spiro atoms. The summed E-state index contributed by atoms with van der Waals surface area (Å²) < 4.78 is 29.4. The van der Waals surface area contributed by atoms with E-state index in [0.717, 1.165) is 0 Å². The molecule has 0 aromatic heterocycles. The van der Waals surface area contributed by atoms with Gasteiger partial charge >= 0.3 is 6.61 Å². The SMILES string of the molecule is Cc1ccc(Br)c(Br)c1OC(F)F. The molecule has 0 radical (unpaired) electrons. The van der Waals surface area contributed by atoms with Gasteiger partial charge in [-0.1, -0.05) is 6.07 Å². The van der Waals surface area contributed by atoms with Crippen LogP contribution in [0, 0.1) is 6.92 Å². The third-order valence-electron chi connectivity index (χ3n) is 1.45. The van der Waals surface area contributed by atoms with Crippen molar-refractivity contribution in [3.8, 4) is 5.75 Å². The Morgan fingerprint density at radius 1 is 1.31 bits per heavy atom. The fourth-order valence-corrected chi connectivity index (χ4v) is 1.71. The molecular weight excluding hydrogens is 310 g/mol. The van der Waals surface area contributed by atoms with E-state index in [-0.39, 0.29) is 5.75 Å². The normalized spacial score (nSPS) is 10.6. The summed E-state index contributed by atoms with van der Waals surface area (Å²) in [6.45, 7) is -1.10. The summed E-state index contributed by atoms with van der Waals surface area (Å²) in [4.78, 5) is 0. The number of ether oxygens (including phenoxy) is 1. The first-order valence-electron chi connectivity index (χ1n) is 3.41. The van der Waals surface area contributed by atoms with E-state index in [0.29, 0.717) is 14.5 Å². The second-order valence-electron chi connectivity index (χ2n) is 2.39. The van der Waals surface area contributed by atoms with Gasteiger partial charge in [0.25, 0.3) is 0 Å². The zero-order chi connectivity index (χ0) is 10.0. The molecule has 13 heavy (non-hydrogen) atoms. The molecular formula is C8H6Br2F2O. The minimum absolute atomic E-state index is 0.171. The van der Waals surface area contributed by atoms with E-state index >= 15 is 0 Å². The minimum Gasteiger partial charge on any atom is -0.433 e. The first kappa shape index (κ1) is 10.9. The smallest absolute Gasteiger partial charge is 0.387 e. The quantitative estimate of drug-likeness (QED) is 0.797. The van der Waals surface area contributed by atoms with E-state index in [4.69, 9.17) is 0 Å². The van der Waals surface area contributed by atoms with Gasteiger partial charge in [-0.3, -0.25) is 0 Å². The van der Waals surface area contributed by atoms with Gasteiger partial charge in [-0.15, -0.1) is 0 Å². The van der Waals surface area contributed by atoms with Crippen molar-refractivity contribution in [2.45, 2.75) is 13.5 Å². The lowest BCUT2D eigenvalue weighted by molar-refractivity contribution is -0.0508. The molecule has 1 aromatic carbocycles. The predicted molar refractivity (Wildman–Crippen MR) is 53.2 cm³/mol. The minimum atomic E-state index is -2.80. The van der Waals surface area contributed by atoms with Gasteiger partial charge in [0.05, 0.1) is 4.47 Å². The molecule has 5 heteroatoms. The van der Waals surface area contributed by atoms with E-state index in [2.05, 4.69) is 36.6 Å². The van der Waals surface area contributed by atoms with E-state index in [9.17, 15) is 8.78 Å². The van der Waals surface area contributed by atoms with Crippen molar-refractivity contribution < 1.29 is 13.5 Å². The maximum atomic E-state index is 12.0. The maximum absolute atomic E-state index is 12.0. The summed E-state index contributed by atoms with van der Waals surface area (Å²) in [5.41, 5.74) is 0.662. The lowest BCUT2D eigenvalue weighted by atomic mass is 10.2. The molecule has 0 aliphatic rings. The van der Waals surface area contributed by atoms with Gasteiger partial charge < -0.3 is 4.74 Å². The number of benzene rings is 1. The van der Waals surface area contributed by atoms with Crippen LogP contribution >= 0.6 is 31.9 Å². The predicted octanol–water partition coefficient (Wildman–Crippen LogP) is 4.12. The van der Waals surface area contributed by atoms with E-state index in [1.165, 1.54) is 0 Å². The molecule has 0 fully saturated rings. The van der Waals surface area contributed by atoms with Crippen LogP contribution in [-0.2, 0) is 0 Å². The van der Waals surface area contributed by atoms with Crippen molar-refractivity contribution in [2.24, 2.45) is 0 Å². The Labute approximate surface area is 91.3 Å². The van der Waals surface area contributed by atoms with Crippen molar-refractivity contribution in [1.82, 2.24) is 0 Å². The zero-order valence-electron chi connectivity index (χ0n) is 6.65. The summed E-state index contributed by atoms with van der Waals surface area (Å²) in [6.07, 6.45) is 0. The Balaban J connectivity index is 3.10. The zero-order valence-corrected chi connectivity index (χ0v) is 9.82. The maximum Gasteiger partial charge on any atom is 0.387 e. The number of rotatable bonds is 2. The summed E-state index contributed by atoms with van der Waals surface area (Å²) in [6, 6.07) is 3.46. The van der Waals surface area contributed by atoms with Crippen molar-refractivity contribution in [3.63, 3.8) is 0 Å². The monoisotopic (exact) mass is 314 g/mol. The molecule has 72 valence electrons. The second kappa shape index (κ2) is 4.37. The average Bonchev–Trinajstić information content (AvgIpc) is 2.05. The Hall–Kier alpha value is -0.160. The van der Waals surface area contributed by atoms with E-state index in [1.54, 1.807) is 19.1 Å². The van der Waals surface area contributed by atoms with Crippen LogP contribution in [0.1, 0.15) is 5.56 Å². The van der Waals surface area contributed by atoms with Gasteiger partial charge in [-0.25, -0.2) is 0 Å². The third-order valence-corrected chi connectivity index (χ3v) is 3.43. The molecule has 1 rings (SSSR count). The molecule has 0 saturated heterocycles. The number of hydrogen-bond donors (Lipinski definition) is 0. The molecule has 0 bridgehead atoms. The molecule has 1 aromatic rings. The van der Waals surface area contributed by atoms with Crippen LogP contribution in [-0.4, -0.2) is 6.61 Å². The number of alkyl halides is 2. The van der Waals surface area contributed by atoms with E-state index < -0.39 is 6.61 Å². The molecule has 0 amide bonds. The Morgan fingerprint density at radius 3 is 2.46 bits per heavy atom. The van der Waals surface area contributed by atoms with Gasteiger partial charge in [0.2, 0.25) is 0 Å². The summed E-state index contributed by atoms with van der Waals surface area (Å²) in [7, 11) is 0. The van der Waals surface area contributed by atoms with E-state index in [1.807, 2.05) is 0 Å². The number of halogens is 4. The fraction of sp³-hybridized carbons (Fsp3) is 0.250. The highest BCUT2D eigenvalue weighted by atomic mass is 79.9. The molecule has 0 aliphatic carbocycles. The van der Waals surface area contributed by atoms with Gasteiger partial charge in [0.15, 0.2) is 0 Å². The van der Waals surface area contributed by atoms with Crippen LogP contribution in [0.4, 0.5) is 8.78 Å². The first-order chi connectivity index (χ1) is 6.02. The third kappa shape index (κ3) is 2.64. The summed E-state index contributed by atoms with van der Waals surface area (Å²) in [5.74, 6) is 0.171. The summed E-state index contributed by atoms with van der Waals surface area (Å²) in [5, 5.41) is 0. The molecule has 0 atom stereocenters. The van der Waals surface area contributed by atoms with Crippen LogP contribution in [0.15, 0.2) is 21.1 Å². The first-order valence-corrected chi connectivity index (χ1v) is 5.00. The summed E-state index contributed by atoms with van der Waals surface area (Å²) >= 11 is 6.35. The average molecular weight is 316 g/mol. The standard InChI is InChI=1S/C8H6Br2F2O/c1-4-2-3-5(9)6(10)7(4)13-8(11)12/h2-3,8H,1H3. The van der Waals surface area contributed by atoms with Crippen LogP contribution in [0.3, 0.4) is 0 Å². The molecule has 0 aliphatic heterocycles. The highest BCUT2D eigenvalue weighted by Gasteiger charge is 2.12. The Morgan fingerprint density at radius 2 is 1.92 bits per heavy atom. The van der Waals surface area contributed by atoms with Crippen LogP contribution in [0.25, 0.3) is 0 Å². The number of aryl methyl sites for hydroxylation is 1. The Kier molecular flexibility index (Phi) is 3.67. The van der Waals surface area contributed by atoms with Crippen molar-refractivity contribution in [2.75, 3.05) is 0 Å². The molecule has 0 unspecified atom stereocenters. The van der Waals surface area contributed by atoms with Gasteiger partial charge in [-0.05, 0) is 50.4 Å².